The summed E-state index contributed by atoms with van der Waals surface area (Å²) in [5.74, 6) is -0.873. The van der Waals surface area contributed by atoms with E-state index in [1.807, 2.05) is 20.8 Å². The lowest BCUT2D eigenvalue weighted by Gasteiger charge is -2.25. The van der Waals surface area contributed by atoms with Crippen LogP contribution in [0, 0.1) is 5.82 Å². The predicted octanol–water partition coefficient (Wildman–Crippen LogP) is 4.42. The van der Waals surface area contributed by atoms with Gasteiger partial charge in [0.2, 0.25) is 0 Å². The van der Waals surface area contributed by atoms with Gasteiger partial charge in [0.05, 0.1) is 5.69 Å². The zero-order valence-corrected chi connectivity index (χ0v) is 14.1. The van der Waals surface area contributed by atoms with Gasteiger partial charge in [0, 0.05) is 18.2 Å². The lowest BCUT2D eigenvalue weighted by atomic mass is 10.00. The molecule has 1 amide bonds. The van der Waals surface area contributed by atoms with Gasteiger partial charge in [0.25, 0.3) is 5.91 Å². The summed E-state index contributed by atoms with van der Waals surface area (Å²) < 4.78 is 13.1. The Morgan fingerprint density at radius 1 is 1.12 bits per heavy atom. The molecule has 0 unspecified atom stereocenters. The molecule has 0 bridgehead atoms. The third-order valence-electron chi connectivity index (χ3n) is 3.82. The van der Waals surface area contributed by atoms with Crippen molar-refractivity contribution in [1.82, 2.24) is 0 Å². The molecule has 128 valence electrons. The largest absolute Gasteiger partial charge is 0.508 e. The van der Waals surface area contributed by atoms with Crippen molar-refractivity contribution < 1.29 is 19.4 Å². The summed E-state index contributed by atoms with van der Waals surface area (Å²) in [7, 11) is 0. The zero-order valence-electron chi connectivity index (χ0n) is 14.1. The van der Waals surface area contributed by atoms with E-state index in [1.165, 1.54) is 35.2 Å². The Bertz CT molecular complexity index is 726. The van der Waals surface area contributed by atoms with Gasteiger partial charge in [-0.3, -0.25) is 4.79 Å². The fourth-order valence-corrected chi connectivity index (χ4v) is 2.56. The minimum Gasteiger partial charge on any atom is -0.508 e. The normalized spacial score (nSPS) is 10.9. The highest BCUT2D eigenvalue weighted by Gasteiger charge is 2.22. The standard InChI is InChI=1S/C19H22FNO3/c1-4-9-21(19(24)13-5-7-14(20)8-6-13)16-10-15(12(2)3)17(22)11-18(16)23/h5-8,10-12,22-23H,4,9H2,1-3H3. The van der Waals surface area contributed by atoms with E-state index in [0.717, 1.165) is 0 Å². The number of rotatable bonds is 5. The highest BCUT2D eigenvalue weighted by Crippen LogP contribution is 2.38. The first-order chi connectivity index (χ1) is 11.3. The topological polar surface area (TPSA) is 60.8 Å². The Balaban J connectivity index is 2.49. The van der Waals surface area contributed by atoms with E-state index in [0.29, 0.717) is 29.8 Å². The van der Waals surface area contributed by atoms with Gasteiger partial charge in [-0.25, -0.2) is 4.39 Å². The van der Waals surface area contributed by atoms with Crippen LogP contribution in [0.1, 0.15) is 49.0 Å². The number of halogens is 1. The quantitative estimate of drug-likeness (QED) is 0.853. The number of carbonyl (C=O) groups excluding carboxylic acids is 1. The van der Waals surface area contributed by atoms with Crippen LogP contribution >= 0.6 is 0 Å². The third kappa shape index (κ3) is 3.67. The number of phenolic OH excluding ortho intramolecular Hbond substituents is 2. The Morgan fingerprint density at radius 3 is 2.29 bits per heavy atom. The molecule has 0 saturated heterocycles. The molecule has 24 heavy (non-hydrogen) atoms. The summed E-state index contributed by atoms with van der Waals surface area (Å²) in [6.45, 7) is 6.15. The van der Waals surface area contributed by atoms with E-state index in [2.05, 4.69) is 0 Å². The van der Waals surface area contributed by atoms with Gasteiger partial charge in [0.15, 0.2) is 0 Å². The molecule has 0 aliphatic carbocycles. The number of nitrogens with zero attached hydrogens (tertiary/aromatic N) is 1. The lowest BCUT2D eigenvalue weighted by molar-refractivity contribution is 0.0986. The van der Waals surface area contributed by atoms with E-state index in [9.17, 15) is 19.4 Å². The molecule has 0 aliphatic rings. The summed E-state index contributed by atoms with van der Waals surface area (Å²) in [5, 5.41) is 20.2. The van der Waals surface area contributed by atoms with Crippen molar-refractivity contribution in [2.45, 2.75) is 33.1 Å². The summed E-state index contributed by atoms with van der Waals surface area (Å²) in [6, 6.07) is 8.18. The predicted molar refractivity (Wildman–Crippen MR) is 92.2 cm³/mol. The van der Waals surface area contributed by atoms with Crippen molar-refractivity contribution in [2.24, 2.45) is 0 Å². The van der Waals surface area contributed by atoms with Crippen LogP contribution < -0.4 is 4.90 Å². The maximum absolute atomic E-state index is 13.1. The first kappa shape index (κ1) is 17.8. The molecule has 0 aliphatic heterocycles. The van der Waals surface area contributed by atoms with E-state index in [1.54, 1.807) is 6.07 Å². The Kier molecular flexibility index (Phi) is 5.44. The van der Waals surface area contributed by atoms with Crippen molar-refractivity contribution in [3.63, 3.8) is 0 Å². The second-order valence-electron chi connectivity index (χ2n) is 6.02. The van der Waals surface area contributed by atoms with Crippen LogP contribution in [0.2, 0.25) is 0 Å². The van der Waals surface area contributed by atoms with E-state index < -0.39 is 5.82 Å². The van der Waals surface area contributed by atoms with Crippen LogP contribution in [-0.4, -0.2) is 22.7 Å². The first-order valence-electron chi connectivity index (χ1n) is 7.98. The minimum absolute atomic E-state index is 0.00284. The van der Waals surface area contributed by atoms with Gasteiger partial charge in [-0.1, -0.05) is 20.8 Å². The fourth-order valence-electron chi connectivity index (χ4n) is 2.56. The molecule has 0 heterocycles. The Hall–Kier alpha value is -2.56. The average molecular weight is 331 g/mol. The number of aromatic hydroxyl groups is 2. The van der Waals surface area contributed by atoms with Crippen molar-refractivity contribution in [1.29, 1.82) is 0 Å². The highest BCUT2D eigenvalue weighted by molar-refractivity contribution is 6.07. The third-order valence-corrected chi connectivity index (χ3v) is 3.82. The van der Waals surface area contributed by atoms with Crippen LogP contribution in [-0.2, 0) is 0 Å². The number of hydrogen-bond acceptors (Lipinski definition) is 3. The van der Waals surface area contributed by atoms with Crippen LogP contribution in [0.4, 0.5) is 10.1 Å². The number of phenols is 2. The van der Waals surface area contributed by atoms with E-state index >= 15 is 0 Å². The van der Waals surface area contributed by atoms with Crippen molar-refractivity contribution in [2.75, 3.05) is 11.4 Å². The molecule has 0 spiro atoms. The molecule has 2 rings (SSSR count). The fraction of sp³-hybridized carbons (Fsp3) is 0.316. The summed E-state index contributed by atoms with van der Waals surface area (Å²) in [4.78, 5) is 14.2. The zero-order chi connectivity index (χ0) is 17.9. The van der Waals surface area contributed by atoms with Gasteiger partial charge in [-0.15, -0.1) is 0 Å². The smallest absolute Gasteiger partial charge is 0.258 e. The van der Waals surface area contributed by atoms with Crippen LogP contribution in [0.15, 0.2) is 36.4 Å². The monoisotopic (exact) mass is 331 g/mol. The minimum atomic E-state index is -0.414. The molecule has 0 fully saturated rings. The molecular weight excluding hydrogens is 309 g/mol. The number of hydrogen-bond donors (Lipinski definition) is 2. The number of benzene rings is 2. The molecule has 5 heteroatoms. The van der Waals surface area contributed by atoms with Crippen LogP contribution in [0.5, 0.6) is 11.5 Å². The summed E-state index contributed by atoms with van der Waals surface area (Å²) in [6.07, 6.45) is 0.685. The lowest BCUT2D eigenvalue weighted by Crippen LogP contribution is -2.31. The SMILES string of the molecule is CCCN(C(=O)c1ccc(F)cc1)c1cc(C(C)C)c(O)cc1O. The van der Waals surface area contributed by atoms with Gasteiger partial charge in [-0.05, 0) is 48.2 Å². The average Bonchev–Trinajstić information content (AvgIpc) is 2.53. The second-order valence-corrected chi connectivity index (χ2v) is 6.02. The second kappa shape index (κ2) is 7.34. The molecule has 2 aromatic rings. The number of anilines is 1. The summed E-state index contributed by atoms with van der Waals surface area (Å²) >= 11 is 0. The van der Waals surface area contributed by atoms with E-state index in [-0.39, 0.29) is 23.3 Å². The van der Waals surface area contributed by atoms with Crippen LogP contribution in [0.25, 0.3) is 0 Å². The van der Waals surface area contributed by atoms with Crippen LogP contribution in [0.3, 0.4) is 0 Å². The molecule has 2 aromatic carbocycles. The van der Waals surface area contributed by atoms with Crippen molar-refractivity contribution in [3.8, 4) is 11.5 Å². The number of amides is 1. The molecule has 0 atom stereocenters. The molecule has 0 radical (unpaired) electrons. The maximum Gasteiger partial charge on any atom is 0.258 e. The Morgan fingerprint density at radius 2 is 1.75 bits per heavy atom. The maximum atomic E-state index is 13.1. The van der Waals surface area contributed by atoms with Gasteiger partial charge in [0.1, 0.15) is 17.3 Å². The molecular formula is C19H22FNO3. The van der Waals surface area contributed by atoms with Gasteiger partial charge < -0.3 is 15.1 Å². The van der Waals surface area contributed by atoms with Gasteiger partial charge in [-0.2, -0.15) is 0 Å². The highest BCUT2D eigenvalue weighted by atomic mass is 19.1. The van der Waals surface area contributed by atoms with Crippen molar-refractivity contribution >= 4 is 11.6 Å². The summed E-state index contributed by atoms with van der Waals surface area (Å²) in [5.41, 5.74) is 1.33. The van der Waals surface area contributed by atoms with E-state index in [4.69, 9.17) is 0 Å². The van der Waals surface area contributed by atoms with Crippen molar-refractivity contribution in [3.05, 3.63) is 53.3 Å². The first-order valence-corrected chi connectivity index (χ1v) is 7.98. The Labute approximate surface area is 141 Å². The molecule has 0 aromatic heterocycles. The molecule has 0 saturated carbocycles. The number of carbonyl (C=O) groups is 1. The van der Waals surface area contributed by atoms with Gasteiger partial charge >= 0.3 is 0 Å². The molecule has 2 N–H and O–H groups in total. The molecule has 4 nitrogen and oxygen atoms in total.